The lowest BCUT2D eigenvalue weighted by atomic mass is 10.9. The van der Waals surface area contributed by atoms with Crippen LogP contribution >= 0.6 is 15.9 Å². The minimum atomic E-state index is 0.236. The van der Waals surface area contributed by atoms with E-state index in [1.807, 2.05) is 0 Å². The van der Waals surface area contributed by atoms with E-state index in [1.165, 1.54) is 12.4 Å². The molecule has 0 saturated carbocycles. The van der Waals surface area contributed by atoms with E-state index in [0.717, 1.165) is 0 Å². The van der Waals surface area contributed by atoms with E-state index in [2.05, 4.69) is 26.0 Å². The van der Waals surface area contributed by atoms with Gasteiger partial charge in [0.25, 0.3) is 0 Å². The molecule has 0 aliphatic rings. The van der Waals surface area contributed by atoms with Crippen LogP contribution in [0.15, 0.2) is 17.1 Å². The van der Waals surface area contributed by atoms with Crippen LogP contribution in [0.5, 0.6) is 0 Å². The zero-order valence-electron chi connectivity index (χ0n) is 3.84. The van der Waals surface area contributed by atoms with Gasteiger partial charge >= 0.3 is 4.73 Å². The summed E-state index contributed by atoms with van der Waals surface area (Å²) in [6.45, 7) is 0. The summed E-state index contributed by atoms with van der Waals surface area (Å²) in [7, 11) is 0. The molecule has 0 unspecified atom stereocenters. The first-order chi connectivity index (χ1) is 3.80. The average molecular weight is 177 g/mol. The van der Waals surface area contributed by atoms with Crippen LogP contribution in [0, 0.1) is 4.91 Å². The largest absolute Gasteiger partial charge is 0.431 e. The van der Waals surface area contributed by atoms with Gasteiger partial charge in [0.05, 0.1) is 22.1 Å². The Hall–Kier alpha value is -0.710. The van der Waals surface area contributed by atoms with Crippen LogP contribution in [0.2, 0.25) is 0 Å². The third-order valence-electron chi connectivity index (χ3n) is 0.615. The Morgan fingerprint density at radius 2 is 2.62 bits per heavy atom. The highest BCUT2D eigenvalue weighted by Crippen LogP contribution is 1.89. The monoisotopic (exact) mass is 176 g/mol. The van der Waals surface area contributed by atoms with Crippen LogP contribution in [-0.2, 0) is 0 Å². The Bertz CT molecular complexity index is 232. The summed E-state index contributed by atoms with van der Waals surface area (Å²) >= 11 is 2.90. The van der Waals surface area contributed by atoms with Crippen molar-refractivity contribution in [1.29, 1.82) is 0 Å². The predicted octanol–water partition coefficient (Wildman–Crippen LogP) is 0.0867. The van der Waals surface area contributed by atoms with E-state index >= 15 is 0 Å². The normalized spacial score (nSPS) is 9.12. The van der Waals surface area contributed by atoms with Crippen LogP contribution in [0.4, 0.5) is 0 Å². The average Bonchev–Trinajstić information content (AvgIpc) is 1.77. The van der Waals surface area contributed by atoms with E-state index in [0.29, 0.717) is 4.54 Å². The van der Waals surface area contributed by atoms with Gasteiger partial charge in [-0.25, -0.2) is 0 Å². The first-order valence-electron chi connectivity index (χ1n) is 1.92. The molecule has 0 atom stereocenters. The number of rotatable bonds is 0. The summed E-state index contributed by atoms with van der Waals surface area (Å²) < 4.78 is 0.750. The second-order valence-corrected chi connectivity index (χ2v) is 1.85. The molecule has 1 aromatic rings. The number of nitrogens with zero attached hydrogens (tertiary/aromatic N) is 2. The summed E-state index contributed by atoms with van der Waals surface area (Å²) in [6, 6.07) is 0. The number of aromatic amines is 1. The van der Waals surface area contributed by atoms with Crippen molar-refractivity contribution < 1.29 is 4.54 Å². The summed E-state index contributed by atoms with van der Waals surface area (Å²) in [5, 5.41) is 2.35. The number of H-pyrrole nitrogens is 1. The molecule has 1 aromatic heterocycles. The predicted molar refractivity (Wildman–Crippen MR) is 29.7 cm³/mol. The molecule has 0 aliphatic carbocycles. The Morgan fingerprint density at radius 1 is 1.88 bits per heavy atom. The first kappa shape index (κ1) is 5.43. The maximum absolute atomic E-state index is 10.4. The summed E-state index contributed by atoms with van der Waals surface area (Å²) in [4.78, 5) is 14.0. The Morgan fingerprint density at radius 3 is 3.00 bits per heavy atom. The van der Waals surface area contributed by atoms with E-state index < -0.39 is 0 Å². The number of aromatic nitrogens is 3. The molecule has 0 bridgehead atoms. The molecule has 0 radical (unpaired) electrons. The Kier molecular flexibility index (Phi) is 1.38. The summed E-state index contributed by atoms with van der Waals surface area (Å²) in [5.41, 5.74) is 0. The van der Waals surface area contributed by atoms with Gasteiger partial charge in [-0.15, -0.1) is 0 Å². The highest BCUT2D eigenvalue weighted by molar-refractivity contribution is 9.10. The smallest absolute Gasteiger partial charge is 0.188 e. The summed E-state index contributed by atoms with van der Waals surface area (Å²) in [5.74, 6) is 0. The first-order valence-corrected chi connectivity index (χ1v) is 2.72. The SMILES string of the molecule is O=[n+]1[nH]ccnc1Br. The fourth-order valence-electron chi connectivity index (χ4n) is 0.306. The van der Waals surface area contributed by atoms with Crippen LogP contribution in [-0.4, -0.2) is 10.1 Å². The van der Waals surface area contributed by atoms with Gasteiger partial charge in [-0.3, -0.25) is 0 Å². The van der Waals surface area contributed by atoms with Gasteiger partial charge in [0.15, 0.2) is 6.20 Å². The molecule has 1 heterocycles. The zero-order chi connectivity index (χ0) is 5.98. The number of nitrogens with one attached hydrogen (secondary N) is 1. The van der Waals surface area contributed by atoms with Gasteiger partial charge in [-0.05, 0) is 9.89 Å². The molecule has 0 spiro atoms. The molecule has 0 aromatic carbocycles. The second kappa shape index (κ2) is 2.04. The lowest BCUT2D eigenvalue weighted by Gasteiger charge is -1.70. The molecule has 8 heavy (non-hydrogen) atoms. The molecule has 0 aliphatic heterocycles. The molecular formula is C3H3BrN3O+. The highest BCUT2D eigenvalue weighted by atomic mass is 79.9. The minimum absolute atomic E-state index is 0.236. The third kappa shape index (κ3) is 0.919. The van der Waals surface area contributed by atoms with Crippen LogP contribution in [0.1, 0.15) is 0 Å². The molecule has 42 valence electrons. The maximum atomic E-state index is 10.4. The van der Waals surface area contributed by atoms with Gasteiger partial charge in [0.1, 0.15) is 4.54 Å². The van der Waals surface area contributed by atoms with Gasteiger partial charge in [0.2, 0.25) is 0 Å². The molecule has 0 fully saturated rings. The van der Waals surface area contributed by atoms with Crippen molar-refractivity contribution in [1.82, 2.24) is 10.1 Å². The van der Waals surface area contributed by atoms with E-state index in [-0.39, 0.29) is 4.73 Å². The quantitative estimate of drug-likeness (QED) is 0.570. The highest BCUT2D eigenvalue weighted by Gasteiger charge is 1.99. The third-order valence-corrected chi connectivity index (χ3v) is 1.14. The van der Waals surface area contributed by atoms with Crippen LogP contribution in [0.3, 0.4) is 0 Å². The van der Waals surface area contributed by atoms with Crippen molar-refractivity contribution >= 4 is 15.9 Å². The minimum Gasteiger partial charge on any atom is -0.188 e. The maximum Gasteiger partial charge on any atom is 0.431 e. The fraction of sp³-hybridized carbons (Fsp3) is 0. The number of hydrogen-bond acceptors (Lipinski definition) is 2. The standard InChI is InChI=1S/C3H3BrN3O/c4-3-5-1-2-6-7(3)8/h1-2H,(H,6,8)/q+1. The van der Waals surface area contributed by atoms with Crippen LogP contribution < -0.4 is 4.54 Å². The lowest BCUT2D eigenvalue weighted by Crippen LogP contribution is -2.21. The topological polar surface area (TPSA) is 51.7 Å². The number of halogens is 1. The molecule has 0 amide bonds. The van der Waals surface area contributed by atoms with Crippen molar-refractivity contribution in [3.63, 3.8) is 0 Å². The van der Waals surface area contributed by atoms with Gasteiger partial charge < -0.3 is 0 Å². The van der Waals surface area contributed by atoms with Crippen molar-refractivity contribution in [2.24, 2.45) is 0 Å². The number of hydrogen-bond donors (Lipinski definition) is 1. The van der Waals surface area contributed by atoms with E-state index in [1.54, 1.807) is 0 Å². The zero-order valence-corrected chi connectivity index (χ0v) is 5.42. The molecule has 4 nitrogen and oxygen atoms in total. The molecule has 5 heteroatoms. The molecular weight excluding hydrogens is 174 g/mol. The van der Waals surface area contributed by atoms with Crippen LogP contribution in [0.25, 0.3) is 0 Å². The van der Waals surface area contributed by atoms with Crippen molar-refractivity contribution in [3.05, 3.63) is 22.0 Å². The van der Waals surface area contributed by atoms with Crippen molar-refractivity contribution in [2.75, 3.05) is 0 Å². The van der Waals surface area contributed by atoms with Gasteiger partial charge in [-0.1, -0.05) is 0 Å². The van der Waals surface area contributed by atoms with Gasteiger partial charge in [0, 0.05) is 0 Å². The lowest BCUT2D eigenvalue weighted by molar-refractivity contribution is -0.580. The Labute approximate surface area is 53.3 Å². The van der Waals surface area contributed by atoms with Crippen molar-refractivity contribution in [3.8, 4) is 0 Å². The fourth-order valence-corrected chi connectivity index (χ4v) is 0.526. The van der Waals surface area contributed by atoms with Crippen molar-refractivity contribution in [2.45, 2.75) is 0 Å². The van der Waals surface area contributed by atoms with Gasteiger partial charge in [-0.2, -0.15) is 5.10 Å². The second-order valence-electron chi connectivity index (χ2n) is 1.14. The van der Waals surface area contributed by atoms with E-state index in [4.69, 9.17) is 0 Å². The molecule has 0 saturated heterocycles. The summed E-state index contributed by atoms with van der Waals surface area (Å²) in [6.07, 6.45) is 2.93. The molecule has 1 rings (SSSR count). The molecule has 1 N–H and O–H groups in total. The van der Waals surface area contributed by atoms with E-state index in [9.17, 15) is 4.91 Å². The Balaban J connectivity index is 3.35.